The van der Waals surface area contributed by atoms with Gasteiger partial charge in [0, 0.05) is 31.8 Å². The van der Waals surface area contributed by atoms with E-state index in [1.165, 1.54) is 12.8 Å². The van der Waals surface area contributed by atoms with E-state index in [-0.39, 0.29) is 5.91 Å². The zero-order valence-electron chi connectivity index (χ0n) is 15.2. The molecule has 5 heteroatoms. The highest BCUT2D eigenvalue weighted by atomic mass is 16.1. The Bertz CT molecular complexity index is 689. The minimum Gasteiger partial charge on any atom is -0.352 e. The Kier molecular flexibility index (Phi) is 5.84. The van der Waals surface area contributed by atoms with Gasteiger partial charge in [0.05, 0.1) is 0 Å². The largest absolute Gasteiger partial charge is 0.352 e. The topological polar surface area (TPSA) is 59.8 Å². The Labute approximate surface area is 149 Å². The molecule has 0 bridgehead atoms. The fourth-order valence-corrected chi connectivity index (χ4v) is 2.98. The molecule has 1 saturated carbocycles. The van der Waals surface area contributed by atoms with E-state index in [0.29, 0.717) is 31.3 Å². The summed E-state index contributed by atoms with van der Waals surface area (Å²) in [6.07, 6.45) is 5.64. The lowest BCUT2D eigenvalue weighted by atomic mass is 10.1. The maximum Gasteiger partial charge on any atom is 0.220 e. The van der Waals surface area contributed by atoms with E-state index in [9.17, 15) is 4.79 Å². The number of nitrogens with one attached hydrogen (secondary N) is 1. The minimum absolute atomic E-state index is 0.0675. The number of hydrogen-bond donors (Lipinski definition) is 1. The Morgan fingerprint density at radius 1 is 1.16 bits per heavy atom. The maximum atomic E-state index is 12.1. The molecule has 0 atom stereocenters. The summed E-state index contributed by atoms with van der Waals surface area (Å²) in [4.78, 5) is 12.1. The van der Waals surface area contributed by atoms with Crippen molar-refractivity contribution in [3.8, 4) is 0 Å². The minimum atomic E-state index is 0.0675. The fraction of sp³-hybridized carbons (Fsp3) is 0.550. The first kappa shape index (κ1) is 17.6. The number of carbonyl (C=O) groups is 1. The van der Waals surface area contributed by atoms with Crippen LogP contribution in [0.2, 0.25) is 0 Å². The molecule has 134 valence electrons. The van der Waals surface area contributed by atoms with Crippen molar-refractivity contribution >= 4 is 5.91 Å². The zero-order chi connectivity index (χ0) is 17.6. The summed E-state index contributed by atoms with van der Waals surface area (Å²) < 4.78 is 2.30. The molecule has 1 amide bonds. The van der Waals surface area contributed by atoms with E-state index < -0.39 is 0 Å². The van der Waals surface area contributed by atoms with Crippen LogP contribution >= 0.6 is 0 Å². The van der Waals surface area contributed by atoms with Crippen molar-refractivity contribution in [1.82, 2.24) is 20.1 Å². The second-order valence-electron chi connectivity index (χ2n) is 7.33. The highest BCUT2D eigenvalue weighted by Gasteiger charge is 2.29. The number of nitrogens with zero attached hydrogens (tertiary/aromatic N) is 3. The number of aromatic nitrogens is 3. The summed E-state index contributed by atoms with van der Waals surface area (Å²) in [5.41, 5.74) is 1.12. The Morgan fingerprint density at radius 2 is 1.84 bits per heavy atom. The van der Waals surface area contributed by atoms with Crippen LogP contribution < -0.4 is 5.32 Å². The average molecular weight is 340 g/mol. The van der Waals surface area contributed by atoms with Crippen LogP contribution in [-0.4, -0.2) is 20.7 Å². The van der Waals surface area contributed by atoms with Crippen LogP contribution in [-0.2, 0) is 24.2 Å². The summed E-state index contributed by atoms with van der Waals surface area (Å²) in [7, 11) is 0. The zero-order valence-corrected chi connectivity index (χ0v) is 15.2. The molecule has 25 heavy (non-hydrogen) atoms. The van der Waals surface area contributed by atoms with E-state index in [2.05, 4.69) is 33.9 Å². The molecular formula is C20H28N4O. The maximum absolute atomic E-state index is 12.1. The van der Waals surface area contributed by atoms with Gasteiger partial charge in [0.1, 0.15) is 11.6 Å². The molecule has 0 spiro atoms. The Balaban J connectivity index is 1.53. The Hall–Kier alpha value is -2.17. The van der Waals surface area contributed by atoms with E-state index in [1.807, 2.05) is 30.3 Å². The number of benzene rings is 1. The molecule has 1 aliphatic rings. The van der Waals surface area contributed by atoms with Crippen LogP contribution in [0.5, 0.6) is 0 Å². The van der Waals surface area contributed by atoms with Gasteiger partial charge in [-0.1, -0.05) is 44.2 Å². The molecule has 3 rings (SSSR count). The van der Waals surface area contributed by atoms with Crippen LogP contribution in [0.25, 0.3) is 0 Å². The normalized spacial score (nSPS) is 14.0. The van der Waals surface area contributed by atoms with Crippen molar-refractivity contribution in [2.45, 2.75) is 65.0 Å². The summed E-state index contributed by atoms with van der Waals surface area (Å²) >= 11 is 0. The molecular weight excluding hydrogens is 312 g/mol. The number of hydrogen-bond acceptors (Lipinski definition) is 3. The second-order valence-corrected chi connectivity index (χ2v) is 7.33. The van der Waals surface area contributed by atoms with Gasteiger partial charge in [0.15, 0.2) is 0 Å². The predicted octanol–water partition coefficient (Wildman–Crippen LogP) is 3.45. The third-order valence-corrected chi connectivity index (χ3v) is 4.60. The number of rotatable bonds is 9. The van der Waals surface area contributed by atoms with Crippen LogP contribution in [0.4, 0.5) is 0 Å². The molecule has 1 aliphatic carbocycles. The first-order chi connectivity index (χ1) is 12.1. The fourth-order valence-electron chi connectivity index (χ4n) is 2.98. The first-order valence-electron chi connectivity index (χ1n) is 9.36. The quantitative estimate of drug-likeness (QED) is 0.760. The first-order valence-corrected chi connectivity index (χ1v) is 9.36. The lowest BCUT2D eigenvalue weighted by Gasteiger charge is -2.10. The van der Waals surface area contributed by atoms with Crippen molar-refractivity contribution in [2.75, 3.05) is 0 Å². The van der Waals surface area contributed by atoms with Crippen LogP contribution in [0.3, 0.4) is 0 Å². The van der Waals surface area contributed by atoms with Gasteiger partial charge in [0.2, 0.25) is 5.91 Å². The third kappa shape index (κ3) is 5.15. The molecule has 1 aromatic heterocycles. The number of aryl methyl sites for hydroxylation is 2. The van der Waals surface area contributed by atoms with Crippen LogP contribution in [0.1, 0.15) is 62.8 Å². The summed E-state index contributed by atoms with van der Waals surface area (Å²) in [6.45, 7) is 5.04. The predicted molar refractivity (Wildman–Crippen MR) is 98.1 cm³/mol. The standard InChI is InChI=1S/C20H28N4O/c1-15(2)8-11-18-22-23-19(24(18)17-9-10-17)12-13-20(25)21-14-16-6-4-3-5-7-16/h3-7,15,17H,8-14H2,1-2H3,(H,21,25). The van der Waals surface area contributed by atoms with Gasteiger partial charge in [0.25, 0.3) is 0 Å². The SMILES string of the molecule is CC(C)CCc1nnc(CCC(=O)NCc2ccccc2)n1C1CC1. The van der Waals surface area contributed by atoms with E-state index in [1.54, 1.807) is 0 Å². The van der Waals surface area contributed by atoms with Crippen molar-refractivity contribution in [2.24, 2.45) is 5.92 Å². The molecule has 1 fully saturated rings. The third-order valence-electron chi connectivity index (χ3n) is 4.60. The molecule has 0 saturated heterocycles. The molecule has 0 unspecified atom stereocenters. The van der Waals surface area contributed by atoms with Gasteiger partial charge in [-0.15, -0.1) is 10.2 Å². The number of amides is 1. The second kappa shape index (κ2) is 8.28. The van der Waals surface area contributed by atoms with Gasteiger partial charge in [-0.2, -0.15) is 0 Å². The summed E-state index contributed by atoms with van der Waals surface area (Å²) in [5.74, 6) is 2.79. The smallest absolute Gasteiger partial charge is 0.220 e. The summed E-state index contributed by atoms with van der Waals surface area (Å²) in [5, 5.41) is 11.8. The van der Waals surface area contributed by atoms with E-state index >= 15 is 0 Å². The van der Waals surface area contributed by atoms with Crippen molar-refractivity contribution in [3.63, 3.8) is 0 Å². The van der Waals surface area contributed by atoms with Gasteiger partial charge < -0.3 is 9.88 Å². The van der Waals surface area contributed by atoms with Crippen LogP contribution in [0, 0.1) is 5.92 Å². The van der Waals surface area contributed by atoms with Crippen molar-refractivity contribution in [3.05, 3.63) is 47.5 Å². The van der Waals surface area contributed by atoms with Crippen LogP contribution in [0.15, 0.2) is 30.3 Å². The van der Waals surface area contributed by atoms with E-state index in [0.717, 1.165) is 30.1 Å². The Morgan fingerprint density at radius 3 is 2.48 bits per heavy atom. The van der Waals surface area contributed by atoms with Crippen molar-refractivity contribution in [1.29, 1.82) is 0 Å². The molecule has 1 heterocycles. The highest BCUT2D eigenvalue weighted by molar-refractivity contribution is 5.76. The molecule has 0 radical (unpaired) electrons. The number of carbonyl (C=O) groups excluding carboxylic acids is 1. The highest BCUT2D eigenvalue weighted by Crippen LogP contribution is 2.37. The molecule has 1 aromatic carbocycles. The molecule has 5 nitrogen and oxygen atoms in total. The van der Waals surface area contributed by atoms with Gasteiger partial charge >= 0.3 is 0 Å². The average Bonchev–Trinajstić information content (AvgIpc) is 3.37. The summed E-state index contributed by atoms with van der Waals surface area (Å²) in [6, 6.07) is 10.5. The van der Waals surface area contributed by atoms with Crippen molar-refractivity contribution < 1.29 is 4.79 Å². The van der Waals surface area contributed by atoms with Gasteiger partial charge in [-0.3, -0.25) is 4.79 Å². The molecule has 0 aliphatic heterocycles. The van der Waals surface area contributed by atoms with E-state index in [4.69, 9.17) is 0 Å². The van der Waals surface area contributed by atoms with Gasteiger partial charge in [-0.25, -0.2) is 0 Å². The molecule has 1 N–H and O–H groups in total. The molecule has 2 aromatic rings. The monoisotopic (exact) mass is 340 g/mol. The van der Waals surface area contributed by atoms with Gasteiger partial charge in [-0.05, 0) is 30.7 Å². The lowest BCUT2D eigenvalue weighted by molar-refractivity contribution is -0.121. The lowest BCUT2D eigenvalue weighted by Crippen LogP contribution is -2.23.